The minimum absolute atomic E-state index is 0.0728. The number of nitrogens with one attached hydrogen (secondary N) is 1. The Morgan fingerprint density at radius 2 is 1.96 bits per heavy atom. The minimum Gasteiger partial charge on any atom is -0.492 e. The SMILES string of the molecule is CC(C)NC(=O)c1ccccc1OCC1CCCN(C(=O)C2CCOCC2)C1. The smallest absolute Gasteiger partial charge is 0.255 e. The molecule has 0 aromatic heterocycles. The van der Waals surface area contributed by atoms with Crippen molar-refractivity contribution in [3.8, 4) is 5.75 Å². The van der Waals surface area contributed by atoms with Crippen LogP contribution in [-0.2, 0) is 9.53 Å². The Balaban J connectivity index is 1.56. The van der Waals surface area contributed by atoms with Gasteiger partial charge in [-0.05, 0) is 51.7 Å². The van der Waals surface area contributed by atoms with Crippen LogP contribution >= 0.6 is 0 Å². The standard InChI is InChI=1S/C22H32N2O4/c1-16(2)23-21(25)19-7-3-4-8-20(19)28-15-17-6-5-11-24(14-17)22(26)18-9-12-27-13-10-18/h3-4,7-8,16-18H,5-6,9-15H2,1-2H3,(H,23,25). The van der Waals surface area contributed by atoms with Crippen LogP contribution < -0.4 is 10.1 Å². The second-order valence-corrected chi connectivity index (χ2v) is 8.11. The summed E-state index contributed by atoms with van der Waals surface area (Å²) in [6, 6.07) is 7.42. The molecule has 2 saturated heterocycles. The molecule has 28 heavy (non-hydrogen) atoms. The molecule has 2 amide bonds. The summed E-state index contributed by atoms with van der Waals surface area (Å²) < 4.78 is 11.4. The fourth-order valence-electron chi connectivity index (χ4n) is 3.93. The molecule has 1 atom stereocenters. The summed E-state index contributed by atoms with van der Waals surface area (Å²) in [7, 11) is 0. The van der Waals surface area contributed by atoms with Crippen molar-refractivity contribution in [2.75, 3.05) is 32.9 Å². The summed E-state index contributed by atoms with van der Waals surface area (Å²) >= 11 is 0. The van der Waals surface area contributed by atoms with Gasteiger partial charge in [0.15, 0.2) is 0 Å². The maximum atomic E-state index is 12.8. The average molecular weight is 389 g/mol. The second-order valence-electron chi connectivity index (χ2n) is 8.11. The van der Waals surface area contributed by atoms with Crippen LogP contribution in [0, 0.1) is 11.8 Å². The van der Waals surface area contributed by atoms with Gasteiger partial charge in [-0.15, -0.1) is 0 Å². The predicted molar refractivity (Wildman–Crippen MR) is 107 cm³/mol. The Bertz CT molecular complexity index is 670. The number of carbonyl (C=O) groups is 2. The number of para-hydroxylation sites is 1. The van der Waals surface area contributed by atoms with Crippen molar-refractivity contribution in [2.45, 2.75) is 45.6 Å². The van der Waals surface area contributed by atoms with Gasteiger partial charge in [0.1, 0.15) is 5.75 Å². The average Bonchev–Trinajstić information content (AvgIpc) is 2.72. The van der Waals surface area contributed by atoms with Gasteiger partial charge in [-0.1, -0.05) is 12.1 Å². The van der Waals surface area contributed by atoms with E-state index in [4.69, 9.17) is 9.47 Å². The Kier molecular flexibility index (Phi) is 7.31. The fourth-order valence-corrected chi connectivity index (χ4v) is 3.93. The van der Waals surface area contributed by atoms with E-state index >= 15 is 0 Å². The molecule has 154 valence electrons. The molecule has 3 rings (SSSR count). The summed E-state index contributed by atoms with van der Waals surface area (Å²) in [5, 5.41) is 2.91. The third-order valence-electron chi connectivity index (χ3n) is 5.43. The molecule has 1 unspecified atom stereocenters. The van der Waals surface area contributed by atoms with E-state index in [1.807, 2.05) is 36.9 Å². The van der Waals surface area contributed by atoms with E-state index in [1.165, 1.54) is 0 Å². The highest BCUT2D eigenvalue weighted by molar-refractivity contribution is 5.97. The molecular formula is C22H32N2O4. The van der Waals surface area contributed by atoms with Gasteiger partial charge in [-0.2, -0.15) is 0 Å². The molecule has 0 spiro atoms. The number of benzene rings is 1. The topological polar surface area (TPSA) is 67.9 Å². The lowest BCUT2D eigenvalue weighted by atomic mass is 9.94. The van der Waals surface area contributed by atoms with Gasteiger partial charge >= 0.3 is 0 Å². The van der Waals surface area contributed by atoms with Crippen LogP contribution in [0.25, 0.3) is 0 Å². The molecule has 2 aliphatic heterocycles. The molecule has 0 saturated carbocycles. The molecule has 2 aliphatic rings. The zero-order valence-corrected chi connectivity index (χ0v) is 17.0. The number of amides is 2. The number of ether oxygens (including phenoxy) is 2. The number of nitrogens with zero attached hydrogens (tertiary/aromatic N) is 1. The number of hydrogen-bond donors (Lipinski definition) is 1. The van der Waals surface area contributed by atoms with Crippen LogP contribution in [0.1, 0.15) is 49.9 Å². The van der Waals surface area contributed by atoms with Crippen LogP contribution in [-0.4, -0.2) is 55.7 Å². The Hall–Kier alpha value is -2.08. The minimum atomic E-state index is -0.120. The zero-order valence-electron chi connectivity index (χ0n) is 17.0. The van der Waals surface area contributed by atoms with Crippen molar-refractivity contribution in [3.05, 3.63) is 29.8 Å². The molecule has 0 radical (unpaired) electrons. The van der Waals surface area contributed by atoms with E-state index < -0.39 is 0 Å². The molecule has 2 fully saturated rings. The summed E-state index contributed by atoms with van der Waals surface area (Å²) in [5.74, 6) is 1.15. The maximum Gasteiger partial charge on any atom is 0.255 e. The van der Waals surface area contributed by atoms with Gasteiger partial charge in [0.25, 0.3) is 5.91 Å². The summed E-state index contributed by atoms with van der Waals surface area (Å²) in [6.07, 6.45) is 3.69. The predicted octanol–water partition coefficient (Wildman–Crippen LogP) is 2.87. The van der Waals surface area contributed by atoms with Gasteiger partial charge < -0.3 is 19.7 Å². The first-order valence-corrected chi connectivity index (χ1v) is 10.4. The molecule has 6 heteroatoms. The highest BCUT2D eigenvalue weighted by Crippen LogP contribution is 2.25. The number of carbonyl (C=O) groups excluding carboxylic acids is 2. The van der Waals surface area contributed by atoms with Crippen LogP contribution in [0.15, 0.2) is 24.3 Å². The number of piperidine rings is 1. The summed E-state index contributed by atoms with van der Waals surface area (Å²) in [5.41, 5.74) is 0.558. The van der Waals surface area contributed by atoms with E-state index in [-0.39, 0.29) is 23.8 Å². The van der Waals surface area contributed by atoms with Crippen molar-refractivity contribution < 1.29 is 19.1 Å². The van der Waals surface area contributed by atoms with Crippen molar-refractivity contribution in [1.29, 1.82) is 0 Å². The lowest BCUT2D eigenvalue weighted by Crippen LogP contribution is -2.45. The lowest BCUT2D eigenvalue weighted by molar-refractivity contribution is -0.140. The molecule has 2 heterocycles. The van der Waals surface area contributed by atoms with Crippen molar-refractivity contribution in [1.82, 2.24) is 10.2 Å². The molecule has 1 aromatic rings. The van der Waals surface area contributed by atoms with Crippen LogP contribution in [0.3, 0.4) is 0 Å². The Labute approximate surface area is 167 Å². The van der Waals surface area contributed by atoms with Gasteiger partial charge in [0.05, 0.1) is 12.2 Å². The van der Waals surface area contributed by atoms with E-state index in [0.717, 1.165) is 38.8 Å². The normalized spacial score (nSPS) is 20.8. The first-order valence-electron chi connectivity index (χ1n) is 10.4. The number of rotatable bonds is 6. The van der Waals surface area contributed by atoms with Crippen molar-refractivity contribution in [2.24, 2.45) is 11.8 Å². The molecule has 1 aromatic carbocycles. The van der Waals surface area contributed by atoms with E-state index in [2.05, 4.69) is 5.32 Å². The third kappa shape index (κ3) is 5.47. The van der Waals surface area contributed by atoms with E-state index in [0.29, 0.717) is 37.1 Å². The first-order chi connectivity index (χ1) is 13.5. The Morgan fingerprint density at radius 3 is 2.71 bits per heavy atom. The van der Waals surface area contributed by atoms with Gasteiger partial charge in [0.2, 0.25) is 5.91 Å². The molecule has 0 aliphatic carbocycles. The van der Waals surface area contributed by atoms with Gasteiger partial charge in [0, 0.05) is 44.2 Å². The highest BCUT2D eigenvalue weighted by atomic mass is 16.5. The summed E-state index contributed by atoms with van der Waals surface area (Å²) in [6.45, 7) is 7.33. The zero-order chi connectivity index (χ0) is 19.9. The van der Waals surface area contributed by atoms with Crippen LogP contribution in [0.4, 0.5) is 0 Å². The van der Waals surface area contributed by atoms with Crippen LogP contribution in [0.2, 0.25) is 0 Å². The third-order valence-corrected chi connectivity index (χ3v) is 5.43. The van der Waals surface area contributed by atoms with Crippen molar-refractivity contribution >= 4 is 11.8 Å². The quantitative estimate of drug-likeness (QED) is 0.814. The lowest BCUT2D eigenvalue weighted by Gasteiger charge is -2.35. The first kappa shape index (κ1) is 20.6. The fraction of sp³-hybridized carbons (Fsp3) is 0.636. The monoisotopic (exact) mass is 388 g/mol. The van der Waals surface area contributed by atoms with E-state index in [9.17, 15) is 9.59 Å². The summed E-state index contributed by atoms with van der Waals surface area (Å²) in [4.78, 5) is 27.2. The molecule has 0 bridgehead atoms. The van der Waals surface area contributed by atoms with Gasteiger partial charge in [-0.25, -0.2) is 0 Å². The largest absolute Gasteiger partial charge is 0.492 e. The molecule has 6 nitrogen and oxygen atoms in total. The number of hydrogen-bond acceptors (Lipinski definition) is 4. The van der Waals surface area contributed by atoms with Crippen molar-refractivity contribution in [3.63, 3.8) is 0 Å². The molecular weight excluding hydrogens is 356 g/mol. The Morgan fingerprint density at radius 1 is 1.21 bits per heavy atom. The maximum absolute atomic E-state index is 12.8. The van der Waals surface area contributed by atoms with Gasteiger partial charge in [-0.3, -0.25) is 9.59 Å². The number of likely N-dealkylation sites (tertiary alicyclic amines) is 1. The molecule has 1 N–H and O–H groups in total. The van der Waals surface area contributed by atoms with Crippen LogP contribution in [0.5, 0.6) is 5.75 Å². The van der Waals surface area contributed by atoms with E-state index in [1.54, 1.807) is 6.07 Å². The highest BCUT2D eigenvalue weighted by Gasteiger charge is 2.30. The second kappa shape index (κ2) is 9.92.